The predicted octanol–water partition coefficient (Wildman–Crippen LogP) is 1.09. The van der Waals surface area contributed by atoms with Gasteiger partial charge in [-0.2, -0.15) is 0 Å². The van der Waals surface area contributed by atoms with Gasteiger partial charge in [-0.05, 0) is 19.1 Å². The minimum absolute atomic E-state index is 0.200. The predicted molar refractivity (Wildman–Crippen MR) is 84.3 cm³/mol. The minimum atomic E-state index is -0.617. The van der Waals surface area contributed by atoms with E-state index in [1.54, 1.807) is 30.5 Å². The molecule has 0 saturated carbocycles. The maximum absolute atomic E-state index is 12.1. The van der Waals surface area contributed by atoms with Crippen molar-refractivity contribution in [3.05, 3.63) is 56.2 Å². The Hall–Kier alpha value is -2.74. The van der Waals surface area contributed by atoms with Crippen LogP contribution in [0, 0.1) is 6.92 Å². The molecule has 0 aliphatic carbocycles. The number of carbonyl (C=O) groups is 1. The van der Waals surface area contributed by atoms with Crippen LogP contribution in [0.5, 0.6) is 0 Å². The van der Waals surface area contributed by atoms with Crippen molar-refractivity contribution < 1.29 is 4.79 Å². The van der Waals surface area contributed by atoms with Crippen molar-refractivity contribution in [3.63, 3.8) is 0 Å². The van der Waals surface area contributed by atoms with E-state index in [0.29, 0.717) is 16.0 Å². The molecule has 2 N–H and O–H groups in total. The van der Waals surface area contributed by atoms with Crippen molar-refractivity contribution in [2.24, 2.45) is 0 Å². The topological polar surface area (TPSA) is 96.8 Å². The number of benzene rings is 1. The summed E-state index contributed by atoms with van der Waals surface area (Å²) in [6.45, 7) is 1.68. The van der Waals surface area contributed by atoms with Crippen LogP contribution in [0.3, 0.4) is 0 Å². The monoisotopic (exact) mass is 316 g/mol. The van der Waals surface area contributed by atoms with Crippen molar-refractivity contribution in [2.75, 3.05) is 5.32 Å². The van der Waals surface area contributed by atoms with Gasteiger partial charge in [-0.15, -0.1) is 11.3 Å². The molecule has 3 aromatic rings. The van der Waals surface area contributed by atoms with Crippen molar-refractivity contribution in [2.45, 2.75) is 13.5 Å². The quantitative estimate of drug-likeness (QED) is 0.756. The lowest BCUT2D eigenvalue weighted by atomic mass is 10.2. The van der Waals surface area contributed by atoms with Gasteiger partial charge in [0.2, 0.25) is 5.91 Å². The van der Waals surface area contributed by atoms with Gasteiger partial charge in [0.05, 0.1) is 10.9 Å². The molecule has 0 saturated heterocycles. The molecule has 0 aliphatic heterocycles. The first kappa shape index (κ1) is 14.2. The molecular weight excluding hydrogens is 304 g/mol. The van der Waals surface area contributed by atoms with Crippen LogP contribution in [0.15, 0.2) is 40.1 Å². The zero-order valence-corrected chi connectivity index (χ0v) is 12.4. The van der Waals surface area contributed by atoms with E-state index < -0.39 is 11.2 Å². The van der Waals surface area contributed by atoms with Crippen LogP contribution < -0.4 is 16.6 Å². The average Bonchev–Trinajstić information content (AvgIpc) is 2.88. The highest BCUT2D eigenvalue weighted by Crippen LogP contribution is 2.16. The Labute approximate surface area is 128 Å². The summed E-state index contributed by atoms with van der Waals surface area (Å²) in [5, 5.41) is 3.47. The van der Waals surface area contributed by atoms with Crippen LogP contribution in [0.2, 0.25) is 0 Å². The highest BCUT2D eigenvalue weighted by atomic mass is 32.1. The highest BCUT2D eigenvalue weighted by molar-refractivity contribution is 7.15. The SMILES string of the molecule is Cc1cnc(NC(=O)Cn2c(=O)[nH]c(=O)c3ccccc32)s1. The maximum atomic E-state index is 12.1. The summed E-state index contributed by atoms with van der Waals surface area (Å²) < 4.78 is 1.23. The Morgan fingerprint density at radius 2 is 2.14 bits per heavy atom. The number of H-pyrrole nitrogens is 1. The zero-order valence-electron chi connectivity index (χ0n) is 11.6. The number of nitrogens with one attached hydrogen (secondary N) is 2. The standard InChI is InChI=1S/C14H12N4O3S/c1-8-6-15-13(22-8)16-11(19)7-18-10-5-3-2-4-9(10)12(20)17-14(18)21/h2-6H,7H2,1H3,(H,15,16,19)(H,17,20,21). The van der Waals surface area contributed by atoms with Crippen molar-refractivity contribution in [1.29, 1.82) is 0 Å². The fraction of sp³-hybridized carbons (Fsp3) is 0.143. The fourth-order valence-corrected chi connectivity index (χ4v) is 2.79. The number of hydrogen-bond acceptors (Lipinski definition) is 5. The van der Waals surface area contributed by atoms with E-state index >= 15 is 0 Å². The summed E-state index contributed by atoms with van der Waals surface area (Å²) in [5.41, 5.74) is -0.663. The maximum Gasteiger partial charge on any atom is 0.329 e. The van der Waals surface area contributed by atoms with E-state index in [1.807, 2.05) is 6.92 Å². The lowest BCUT2D eigenvalue weighted by Gasteiger charge is -2.08. The molecule has 0 bridgehead atoms. The van der Waals surface area contributed by atoms with Gasteiger partial charge in [0.1, 0.15) is 6.54 Å². The molecule has 0 spiro atoms. The molecule has 2 aromatic heterocycles. The van der Waals surface area contributed by atoms with E-state index in [4.69, 9.17) is 0 Å². The third kappa shape index (κ3) is 2.68. The number of para-hydroxylation sites is 1. The first-order valence-corrected chi connectivity index (χ1v) is 7.30. The van der Waals surface area contributed by atoms with Gasteiger partial charge in [0.25, 0.3) is 5.56 Å². The minimum Gasteiger partial charge on any atom is -0.300 e. The molecule has 0 unspecified atom stereocenters. The normalized spacial score (nSPS) is 10.8. The molecule has 7 nitrogen and oxygen atoms in total. The molecule has 22 heavy (non-hydrogen) atoms. The molecular formula is C14H12N4O3S. The van der Waals surface area contributed by atoms with Crippen LogP contribution >= 0.6 is 11.3 Å². The van der Waals surface area contributed by atoms with Crippen molar-refractivity contribution >= 4 is 33.3 Å². The number of thiazole rings is 1. The smallest absolute Gasteiger partial charge is 0.300 e. The molecule has 3 rings (SSSR count). The number of hydrogen-bond donors (Lipinski definition) is 2. The molecule has 1 aromatic carbocycles. The fourth-order valence-electron chi connectivity index (χ4n) is 2.11. The lowest BCUT2D eigenvalue weighted by molar-refractivity contribution is -0.116. The molecule has 1 amide bonds. The summed E-state index contributed by atoms with van der Waals surface area (Å²) in [6, 6.07) is 6.64. The second kappa shape index (κ2) is 5.57. The number of carbonyl (C=O) groups excluding carboxylic acids is 1. The van der Waals surface area contributed by atoms with Gasteiger partial charge in [-0.25, -0.2) is 9.78 Å². The Kier molecular flexibility index (Phi) is 3.60. The van der Waals surface area contributed by atoms with Crippen molar-refractivity contribution in [3.8, 4) is 0 Å². The van der Waals surface area contributed by atoms with E-state index in [-0.39, 0.29) is 12.5 Å². The van der Waals surface area contributed by atoms with Crippen LogP contribution in [0.25, 0.3) is 10.9 Å². The summed E-state index contributed by atoms with van der Waals surface area (Å²) in [7, 11) is 0. The Morgan fingerprint density at radius 1 is 1.36 bits per heavy atom. The Morgan fingerprint density at radius 3 is 2.86 bits per heavy atom. The first-order valence-electron chi connectivity index (χ1n) is 6.49. The molecule has 2 heterocycles. The lowest BCUT2D eigenvalue weighted by Crippen LogP contribution is -2.33. The summed E-state index contributed by atoms with van der Waals surface area (Å²) in [5.74, 6) is -0.381. The second-order valence-electron chi connectivity index (χ2n) is 4.69. The molecule has 0 atom stereocenters. The molecule has 0 radical (unpaired) electrons. The zero-order chi connectivity index (χ0) is 15.7. The van der Waals surface area contributed by atoms with Gasteiger partial charge >= 0.3 is 5.69 Å². The van der Waals surface area contributed by atoms with E-state index in [2.05, 4.69) is 15.3 Å². The van der Waals surface area contributed by atoms with Crippen LogP contribution in [-0.2, 0) is 11.3 Å². The Balaban J connectivity index is 1.95. The molecule has 112 valence electrons. The molecule has 0 fully saturated rings. The van der Waals surface area contributed by atoms with Gasteiger partial charge in [0, 0.05) is 11.1 Å². The third-order valence-electron chi connectivity index (χ3n) is 3.07. The summed E-state index contributed by atoms with van der Waals surface area (Å²) in [6.07, 6.45) is 1.65. The summed E-state index contributed by atoms with van der Waals surface area (Å²) in [4.78, 5) is 43.0. The van der Waals surface area contributed by atoms with Gasteiger partial charge < -0.3 is 5.32 Å². The number of anilines is 1. The van der Waals surface area contributed by atoms with Crippen LogP contribution in [0.4, 0.5) is 5.13 Å². The summed E-state index contributed by atoms with van der Waals surface area (Å²) >= 11 is 1.35. The van der Waals surface area contributed by atoms with Crippen molar-refractivity contribution in [1.82, 2.24) is 14.5 Å². The van der Waals surface area contributed by atoms with E-state index in [0.717, 1.165) is 4.88 Å². The van der Waals surface area contributed by atoms with E-state index in [1.165, 1.54) is 15.9 Å². The Bertz CT molecular complexity index is 970. The van der Waals surface area contributed by atoms with Gasteiger partial charge in [-0.1, -0.05) is 12.1 Å². The number of aromatic nitrogens is 3. The second-order valence-corrected chi connectivity index (χ2v) is 5.92. The van der Waals surface area contributed by atoms with Gasteiger partial charge in [-0.3, -0.25) is 19.1 Å². The van der Waals surface area contributed by atoms with E-state index in [9.17, 15) is 14.4 Å². The third-order valence-corrected chi connectivity index (χ3v) is 3.90. The number of fused-ring (bicyclic) bond motifs is 1. The van der Waals surface area contributed by atoms with Crippen LogP contribution in [-0.4, -0.2) is 20.4 Å². The van der Waals surface area contributed by atoms with Gasteiger partial charge in [0.15, 0.2) is 5.13 Å². The average molecular weight is 316 g/mol. The number of aryl methyl sites for hydroxylation is 1. The number of nitrogens with zero attached hydrogens (tertiary/aromatic N) is 2. The number of amides is 1. The number of aromatic amines is 1. The van der Waals surface area contributed by atoms with Crippen LogP contribution in [0.1, 0.15) is 4.88 Å². The largest absolute Gasteiger partial charge is 0.329 e. The molecule has 8 heteroatoms. The molecule has 0 aliphatic rings. The first-order chi connectivity index (χ1) is 10.5. The number of rotatable bonds is 3. The highest BCUT2D eigenvalue weighted by Gasteiger charge is 2.11.